The third-order valence-corrected chi connectivity index (χ3v) is 3.33. The highest BCUT2D eigenvalue weighted by molar-refractivity contribution is 5.76. The number of hydrazine groups is 1. The summed E-state index contributed by atoms with van der Waals surface area (Å²) < 4.78 is 9.83. The molecular formula is C18H20N2O4. The van der Waals surface area contributed by atoms with Crippen molar-refractivity contribution >= 4 is 12.1 Å². The molecule has 2 aromatic rings. The third-order valence-electron chi connectivity index (χ3n) is 3.33. The number of hydrogen-bond acceptors (Lipinski definition) is 5. The summed E-state index contributed by atoms with van der Waals surface area (Å²) in [5.41, 5.74) is 6.85. The maximum atomic E-state index is 11.8. The van der Waals surface area contributed by atoms with E-state index >= 15 is 0 Å². The maximum Gasteiger partial charge on any atom is 0.421 e. The topological polar surface area (TPSA) is 76.7 Å². The molecule has 0 aliphatic rings. The average molecular weight is 328 g/mol. The van der Waals surface area contributed by atoms with Gasteiger partial charge in [0.15, 0.2) is 0 Å². The Morgan fingerprint density at radius 2 is 1.54 bits per heavy atom. The second kappa shape index (κ2) is 9.32. The first kappa shape index (κ1) is 17.5. The van der Waals surface area contributed by atoms with Gasteiger partial charge >= 0.3 is 12.1 Å². The number of carbonyl (C=O) groups is 2. The molecule has 0 unspecified atom stereocenters. The Labute approximate surface area is 140 Å². The number of methoxy groups -OCH3 is 1. The van der Waals surface area contributed by atoms with Gasteiger partial charge < -0.3 is 9.47 Å². The number of rotatable bonds is 7. The SMILES string of the molecule is COC(=O)[C@H](Cc1ccccc1)NNC(=O)OCc1ccccc1. The Morgan fingerprint density at radius 1 is 0.958 bits per heavy atom. The molecule has 0 saturated heterocycles. The second-order valence-electron chi connectivity index (χ2n) is 5.10. The number of benzene rings is 2. The minimum Gasteiger partial charge on any atom is -0.468 e. The molecule has 0 aliphatic carbocycles. The average Bonchev–Trinajstić information content (AvgIpc) is 2.64. The van der Waals surface area contributed by atoms with Crippen molar-refractivity contribution in [3.05, 3.63) is 71.8 Å². The van der Waals surface area contributed by atoms with Crippen LogP contribution in [-0.2, 0) is 27.3 Å². The lowest BCUT2D eigenvalue weighted by atomic mass is 10.1. The monoisotopic (exact) mass is 328 g/mol. The third kappa shape index (κ3) is 5.73. The molecule has 6 nitrogen and oxygen atoms in total. The van der Waals surface area contributed by atoms with E-state index in [4.69, 9.17) is 9.47 Å². The summed E-state index contributed by atoms with van der Waals surface area (Å²) in [4.78, 5) is 23.6. The molecule has 2 rings (SSSR count). The fourth-order valence-electron chi connectivity index (χ4n) is 2.09. The largest absolute Gasteiger partial charge is 0.468 e. The molecule has 0 aromatic heterocycles. The van der Waals surface area contributed by atoms with Crippen LogP contribution in [-0.4, -0.2) is 25.2 Å². The van der Waals surface area contributed by atoms with E-state index in [1.165, 1.54) is 7.11 Å². The zero-order chi connectivity index (χ0) is 17.2. The molecule has 1 amide bonds. The van der Waals surface area contributed by atoms with Crippen LogP contribution in [0, 0.1) is 0 Å². The van der Waals surface area contributed by atoms with Crippen molar-refractivity contribution in [2.45, 2.75) is 19.1 Å². The maximum absolute atomic E-state index is 11.8. The second-order valence-corrected chi connectivity index (χ2v) is 5.10. The Bertz CT molecular complexity index is 647. The van der Waals surface area contributed by atoms with Gasteiger partial charge in [0.2, 0.25) is 0 Å². The zero-order valence-electron chi connectivity index (χ0n) is 13.4. The highest BCUT2D eigenvalue weighted by Crippen LogP contribution is 2.04. The molecule has 2 aromatic carbocycles. The summed E-state index contributed by atoms with van der Waals surface area (Å²) >= 11 is 0. The van der Waals surface area contributed by atoms with E-state index < -0.39 is 18.1 Å². The van der Waals surface area contributed by atoms with E-state index in [1.807, 2.05) is 60.7 Å². The van der Waals surface area contributed by atoms with E-state index in [0.717, 1.165) is 11.1 Å². The molecule has 2 N–H and O–H groups in total. The molecule has 0 saturated carbocycles. The summed E-state index contributed by atoms with van der Waals surface area (Å²) in [6.07, 6.45) is -0.284. The van der Waals surface area contributed by atoms with Gasteiger partial charge in [-0.1, -0.05) is 60.7 Å². The fourth-order valence-corrected chi connectivity index (χ4v) is 2.09. The molecule has 1 atom stereocenters. The molecule has 24 heavy (non-hydrogen) atoms. The van der Waals surface area contributed by atoms with Crippen LogP contribution < -0.4 is 10.9 Å². The molecule has 0 fully saturated rings. The fraction of sp³-hybridized carbons (Fsp3) is 0.222. The van der Waals surface area contributed by atoms with E-state index in [0.29, 0.717) is 6.42 Å². The Balaban J connectivity index is 1.83. The summed E-state index contributed by atoms with van der Waals surface area (Å²) in [5.74, 6) is -0.470. The summed E-state index contributed by atoms with van der Waals surface area (Å²) in [6.45, 7) is 0.149. The van der Waals surface area contributed by atoms with Gasteiger partial charge in [-0.2, -0.15) is 0 Å². The molecule has 0 aliphatic heterocycles. The predicted molar refractivity (Wildman–Crippen MR) is 88.8 cm³/mol. The van der Waals surface area contributed by atoms with Gasteiger partial charge in [0.25, 0.3) is 0 Å². The minimum atomic E-state index is -0.707. The van der Waals surface area contributed by atoms with Crippen molar-refractivity contribution in [2.24, 2.45) is 0 Å². The van der Waals surface area contributed by atoms with E-state index in [2.05, 4.69) is 10.9 Å². The van der Waals surface area contributed by atoms with Crippen LogP contribution in [0.25, 0.3) is 0 Å². The van der Waals surface area contributed by atoms with Crippen LogP contribution in [0.1, 0.15) is 11.1 Å². The van der Waals surface area contributed by atoms with E-state index in [-0.39, 0.29) is 6.61 Å². The van der Waals surface area contributed by atoms with Gasteiger partial charge in [-0.25, -0.2) is 10.2 Å². The van der Waals surface area contributed by atoms with Gasteiger partial charge in [-0.15, -0.1) is 0 Å². The molecule has 0 heterocycles. The molecule has 6 heteroatoms. The first-order valence-corrected chi connectivity index (χ1v) is 7.53. The van der Waals surface area contributed by atoms with Crippen molar-refractivity contribution in [3.63, 3.8) is 0 Å². The zero-order valence-corrected chi connectivity index (χ0v) is 13.4. The van der Waals surface area contributed by atoms with Crippen molar-refractivity contribution in [1.29, 1.82) is 0 Å². The van der Waals surface area contributed by atoms with Crippen LogP contribution in [0.3, 0.4) is 0 Å². The first-order valence-electron chi connectivity index (χ1n) is 7.53. The number of amides is 1. The van der Waals surface area contributed by atoms with Crippen LogP contribution in [0.2, 0.25) is 0 Å². The quantitative estimate of drug-likeness (QED) is 0.602. The van der Waals surface area contributed by atoms with Gasteiger partial charge in [0.1, 0.15) is 12.6 Å². The van der Waals surface area contributed by atoms with Crippen LogP contribution in [0.5, 0.6) is 0 Å². The van der Waals surface area contributed by atoms with E-state index in [9.17, 15) is 9.59 Å². The summed E-state index contributed by atoms with van der Waals surface area (Å²) in [7, 11) is 1.30. The van der Waals surface area contributed by atoms with Gasteiger partial charge in [-0.3, -0.25) is 10.2 Å². The first-order chi connectivity index (χ1) is 11.7. The lowest BCUT2D eigenvalue weighted by Gasteiger charge is -2.17. The summed E-state index contributed by atoms with van der Waals surface area (Å²) in [6, 6.07) is 18.1. The van der Waals surface area contributed by atoms with Crippen LogP contribution in [0.4, 0.5) is 4.79 Å². The highest BCUT2D eigenvalue weighted by Gasteiger charge is 2.20. The normalized spacial score (nSPS) is 11.4. The van der Waals surface area contributed by atoms with Crippen LogP contribution in [0.15, 0.2) is 60.7 Å². The number of nitrogens with one attached hydrogen (secondary N) is 2. The molecule has 126 valence electrons. The molecule has 0 bridgehead atoms. The number of hydrogen-bond donors (Lipinski definition) is 2. The Morgan fingerprint density at radius 3 is 2.12 bits per heavy atom. The molecular weight excluding hydrogens is 308 g/mol. The molecule has 0 spiro atoms. The summed E-state index contributed by atoms with van der Waals surface area (Å²) in [5, 5.41) is 0. The standard InChI is InChI=1S/C18H20N2O4/c1-23-17(21)16(12-14-8-4-2-5-9-14)19-20-18(22)24-13-15-10-6-3-7-11-15/h2-11,16,19H,12-13H2,1H3,(H,20,22)/t16-/m0/s1. The van der Waals surface area contributed by atoms with Crippen molar-refractivity contribution in [2.75, 3.05) is 7.11 Å². The van der Waals surface area contributed by atoms with Gasteiger partial charge in [-0.05, 0) is 11.1 Å². The smallest absolute Gasteiger partial charge is 0.421 e. The molecule has 0 radical (unpaired) electrons. The van der Waals surface area contributed by atoms with Gasteiger partial charge in [0, 0.05) is 6.42 Å². The minimum absolute atomic E-state index is 0.149. The van der Waals surface area contributed by atoms with Crippen molar-refractivity contribution < 1.29 is 19.1 Å². The van der Waals surface area contributed by atoms with Crippen molar-refractivity contribution in [3.8, 4) is 0 Å². The number of carbonyl (C=O) groups excluding carboxylic acids is 2. The lowest BCUT2D eigenvalue weighted by molar-refractivity contribution is -0.143. The number of esters is 1. The van der Waals surface area contributed by atoms with Crippen molar-refractivity contribution in [1.82, 2.24) is 10.9 Å². The van der Waals surface area contributed by atoms with Crippen LogP contribution >= 0.6 is 0 Å². The Kier molecular flexibility index (Phi) is 6.79. The Hall–Kier alpha value is -2.86. The van der Waals surface area contributed by atoms with Gasteiger partial charge in [0.05, 0.1) is 7.11 Å². The highest BCUT2D eigenvalue weighted by atomic mass is 16.6. The lowest BCUT2D eigenvalue weighted by Crippen LogP contribution is -2.49. The van der Waals surface area contributed by atoms with E-state index in [1.54, 1.807) is 0 Å². The number of ether oxygens (including phenoxy) is 2. The predicted octanol–water partition coefficient (Wildman–Crippen LogP) is 2.20.